The Kier molecular flexibility index (Phi) is 4.27. The Morgan fingerprint density at radius 1 is 1.50 bits per heavy atom. The number of aliphatic hydroxyl groups is 1. The molecular formula is C10H13N4O3Re-. The molecule has 0 aliphatic carbocycles. The van der Waals surface area contributed by atoms with Crippen LogP contribution in [0.5, 0.6) is 5.88 Å². The molecule has 0 spiro atoms. The number of nitrogens with two attached hydrogens (primary N) is 1. The fourth-order valence-electron chi connectivity index (χ4n) is 1.39. The first-order valence-corrected chi connectivity index (χ1v) is 5.11. The van der Waals surface area contributed by atoms with E-state index in [0.29, 0.717) is 5.56 Å². The summed E-state index contributed by atoms with van der Waals surface area (Å²) in [4.78, 5) is 18.9. The van der Waals surface area contributed by atoms with Crippen molar-refractivity contribution in [1.82, 2.24) is 9.97 Å². The minimum absolute atomic E-state index is 0. The van der Waals surface area contributed by atoms with Crippen molar-refractivity contribution in [2.45, 2.75) is 25.9 Å². The molecule has 1 aromatic rings. The van der Waals surface area contributed by atoms with Gasteiger partial charge >= 0.3 is 0 Å². The van der Waals surface area contributed by atoms with Gasteiger partial charge in [-0.2, -0.15) is 0 Å². The first kappa shape index (κ1) is 14.8. The van der Waals surface area contributed by atoms with Crippen molar-refractivity contribution >= 4 is 17.7 Å². The van der Waals surface area contributed by atoms with Gasteiger partial charge in [-0.25, -0.2) is 4.98 Å². The SMILES string of the molecule is CC(C)(O)COc1nc(N)nc2c1CC(=O)[N-]2.[Re]. The number of fused-ring (bicyclic) bond motifs is 1. The van der Waals surface area contributed by atoms with E-state index in [1.165, 1.54) is 0 Å². The smallest absolute Gasteiger partial charge is 0.218 e. The van der Waals surface area contributed by atoms with Gasteiger partial charge in [-0.15, -0.1) is 0 Å². The Morgan fingerprint density at radius 3 is 2.78 bits per heavy atom. The Bertz CT molecular complexity index is 473. The molecule has 18 heavy (non-hydrogen) atoms. The van der Waals surface area contributed by atoms with Crippen LogP contribution >= 0.6 is 0 Å². The summed E-state index contributed by atoms with van der Waals surface area (Å²) in [6, 6.07) is 0. The van der Waals surface area contributed by atoms with Gasteiger partial charge in [-0.1, -0.05) is 0 Å². The fourth-order valence-corrected chi connectivity index (χ4v) is 1.39. The van der Waals surface area contributed by atoms with E-state index in [1.54, 1.807) is 13.8 Å². The topological polar surface area (TPSA) is 112 Å². The van der Waals surface area contributed by atoms with Gasteiger partial charge in [0.25, 0.3) is 0 Å². The zero-order valence-electron chi connectivity index (χ0n) is 9.97. The molecule has 0 aromatic carbocycles. The van der Waals surface area contributed by atoms with E-state index in [2.05, 4.69) is 15.3 Å². The molecule has 99 valence electrons. The molecular weight excluding hydrogens is 410 g/mol. The van der Waals surface area contributed by atoms with Crippen LogP contribution in [0.1, 0.15) is 19.4 Å². The summed E-state index contributed by atoms with van der Waals surface area (Å²) in [6.07, 6.45) is 0.108. The molecule has 0 saturated heterocycles. The van der Waals surface area contributed by atoms with Crippen molar-refractivity contribution in [2.24, 2.45) is 0 Å². The quantitative estimate of drug-likeness (QED) is 0.723. The van der Waals surface area contributed by atoms with Crippen LogP contribution in [-0.4, -0.2) is 33.2 Å². The maximum Gasteiger partial charge on any atom is 0.218 e. The number of anilines is 1. The molecule has 1 aliphatic rings. The van der Waals surface area contributed by atoms with E-state index in [-0.39, 0.29) is 57.0 Å². The van der Waals surface area contributed by atoms with Gasteiger partial charge < -0.3 is 25.9 Å². The van der Waals surface area contributed by atoms with Crippen molar-refractivity contribution in [3.63, 3.8) is 0 Å². The average molecular weight is 423 g/mol. The number of nitrogens with zero attached hydrogens (tertiary/aromatic N) is 3. The average Bonchev–Trinajstić information content (AvgIpc) is 2.53. The molecule has 0 unspecified atom stereocenters. The molecule has 1 amide bonds. The molecule has 8 heteroatoms. The standard InChI is InChI=1S/C10H14N4O3.Re/c1-10(2,16)4-17-8-5-3-6(15)12-7(5)13-9(11)14-8;/h16H,3-4H2,1-2H3,(H3,11,12,13,14,15);/p-1. The number of aromatic nitrogens is 2. The first-order chi connectivity index (χ1) is 7.85. The van der Waals surface area contributed by atoms with Crippen LogP contribution in [0.2, 0.25) is 0 Å². The molecule has 2 heterocycles. The van der Waals surface area contributed by atoms with E-state index in [1.807, 2.05) is 0 Å². The number of hydrogen-bond acceptors (Lipinski definition) is 6. The van der Waals surface area contributed by atoms with Crippen molar-refractivity contribution < 1.29 is 35.1 Å². The van der Waals surface area contributed by atoms with E-state index < -0.39 is 5.60 Å². The molecule has 0 atom stereocenters. The van der Waals surface area contributed by atoms with Crippen LogP contribution in [0, 0.1) is 0 Å². The predicted molar refractivity (Wildman–Crippen MR) is 60.0 cm³/mol. The van der Waals surface area contributed by atoms with Gasteiger partial charge in [0, 0.05) is 32.4 Å². The minimum atomic E-state index is -0.994. The molecule has 3 N–H and O–H groups in total. The van der Waals surface area contributed by atoms with Crippen molar-refractivity contribution in [1.29, 1.82) is 0 Å². The zero-order chi connectivity index (χ0) is 12.6. The predicted octanol–water partition coefficient (Wildman–Crippen LogP) is 0.294. The fraction of sp³-hybridized carbons (Fsp3) is 0.500. The second-order valence-electron chi connectivity index (χ2n) is 4.47. The number of ether oxygens (including phenoxy) is 1. The van der Waals surface area contributed by atoms with Crippen LogP contribution < -0.4 is 10.5 Å². The summed E-state index contributed by atoms with van der Waals surface area (Å²) in [7, 11) is 0. The third-order valence-corrected chi connectivity index (χ3v) is 2.09. The third-order valence-electron chi connectivity index (χ3n) is 2.09. The van der Waals surface area contributed by atoms with Gasteiger partial charge in [0.1, 0.15) is 12.6 Å². The Balaban J connectivity index is 0.00000162. The number of hydrogen-bond donors (Lipinski definition) is 2. The normalized spacial score (nSPS) is 13.6. The summed E-state index contributed by atoms with van der Waals surface area (Å²) >= 11 is 0. The molecule has 0 fully saturated rings. The molecule has 0 bridgehead atoms. The summed E-state index contributed by atoms with van der Waals surface area (Å²) in [6.45, 7) is 3.25. The van der Waals surface area contributed by atoms with Crippen LogP contribution in [0.4, 0.5) is 11.8 Å². The van der Waals surface area contributed by atoms with Gasteiger partial charge in [0.15, 0.2) is 5.91 Å². The Labute approximate surface area is 118 Å². The molecule has 7 nitrogen and oxygen atoms in total. The summed E-state index contributed by atoms with van der Waals surface area (Å²) in [5.41, 5.74) is 5.01. The van der Waals surface area contributed by atoms with E-state index in [9.17, 15) is 9.90 Å². The Hall–Kier alpha value is -1.23. The van der Waals surface area contributed by atoms with Crippen LogP contribution in [0.25, 0.3) is 5.32 Å². The number of carbonyl (C=O) groups is 1. The number of carbonyl (C=O) groups excluding carboxylic acids is 1. The number of rotatable bonds is 3. The maximum atomic E-state index is 11.2. The second-order valence-corrected chi connectivity index (χ2v) is 4.47. The first-order valence-electron chi connectivity index (χ1n) is 5.11. The van der Waals surface area contributed by atoms with Gasteiger partial charge in [0.2, 0.25) is 5.88 Å². The zero-order valence-corrected chi connectivity index (χ0v) is 12.7. The number of amides is 1. The summed E-state index contributed by atoms with van der Waals surface area (Å²) < 4.78 is 5.35. The van der Waals surface area contributed by atoms with Crippen molar-refractivity contribution in [3.05, 3.63) is 10.9 Å². The molecule has 0 saturated carbocycles. The molecule has 1 aliphatic heterocycles. The van der Waals surface area contributed by atoms with Crippen LogP contribution in [-0.2, 0) is 31.6 Å². The third kappa shape index (κ3) is 3.38. The van der Waals surface area contributed by atoms with Gasteiger partial charge in [-0.3, -0.25) is 4.79 Å². The second kappa shape index (κ2) is 5.18. The maximum absolute atomic E-state index is 11.2. The molecule has 2 rings (SSSR count). The summed E-state index contributed by atoms with van der Waals surface area (Å²) in [5, 5.41) is 13.3. The van der Waals surface area contributed by atoms with Gasteiger partial charge in [-0.05, 0) is 19.7 Å². The van der Waals surface area contributed by atoms with Crippen LogP contribution in [0.3, 0.4) is 0 Å². The van der Waals surface area contributed by atoms with E-state index in [0.717, 1.165) is 0 Å². The Morgan fingerprint density at radius 2 is 2.17 bits per heavy atom. The van der Waals surface area contributed by atoms with E-state index >= 15 is 0 Å². The monoisotopic (exact) mass is 424 g/mol. The van der Waals surface area contributed by atoms with Crippen molar-refractivity contribution in [3.8, 4) is 5.88 Å². The molecule has 1 radical (unpaired) electrons. The number of nitrogen functional groups attached to an aromatic ring is 1. The largest absolute Gasteiger partial charge is 0.474 e. The molecule has 1 aromatic heterocycles. The van der Waals surface area contributed by atoms with Gasteiger partial charge in [0.05, 0.1) is 5.60 Å². The van der Waals surface area contributed by atoms with E-state index in [4.69, 9.17) is 10.5 Å². The summed E-state index contributed by atoms with van der Waals surface area (Å²) in [5.74, 6) is 0.165. The minimum Gasteiger partial charge on any atom is -0.474 e. The van der Waals surface area contributed by atoms with Crippen molar-refractivity contribution in [2.75, 3.05) is 12.3 Å². The van der Waals surface area contributed by atoms with Crippen LogP contribution in [0.15, 0.2) is 0 Å².